The molecule has 0 aromatic heterocycles. The summed E-state index contributed by atoms with van der Waals surface area (Å²) in [4.78, 5) is 0.114. The summed E-state index contributed by atoms with van der Waals surface area (Å²) in [7, 11) is -3.50. The number of anilines is 1. The van der Waals surface area contributed by atoms with Crippen LogP contribution in [0.5, 0.6) is 5.75 Å². The summed E-state index contributed by atoms with van der Waals surface area (Å²) >= 11 is 6.01. The van der Waals surface area contributed by atoms with E-state index in [1.54, 1.807) is 0 Å². The lowest BCUT2D eigenvalue weighted by molar-refractivity contribution is 0.337. The van der Waals surface area contributed by atoms with Crippen molar-refractivity contribution >= 4 is 27.1 Å². The SMILES string of the molecule is Nc1ccc(S(=O)(=O)CC2COc3ccccc32)c(Cl)c1. The smallest absolute Gasteiger partial charge is 0.180 e. The zero-order valence-corrected chi connectivity index (χ0v) is 12.7. The number of nitrogens with two attached hydrogens (primary N) is 1. The zero-order valence-electron chi connectivity index (χ0n) is 11.1. The van der Waals surface area contributed by atoms with Gasteiger partial charge in [-0.25, -0.2) is 8.42 Å². The van der Waals surface area contributed by atoms with Crippen molar-refractivity contribution in [3.63, 3.8) is 0 Å². The molecule has 0 amide bonds. The summed E-state index contributed by atoms with van der Waals surface area (Å²) in [5.74, 6) is 0.536. The number of benzene rings is 2. The van der Waals surface area contributed by atoms with Gasteiger partial charge in [0, 0.05) is 17.2 Å². The van der Waals surface area contributed by atoms with E-state index in [-0.39, 0.29) is 21.6 Å². The van der Waals surface area contributed by atoms with E-state index in [1.807, 2.05) is 24.3 Å². The number of hydrogen-bond acceptors (Lipinski definition) is 4. The molecule has 0 saturated carbocycles. The van der Waals surface area contributed by atoms with Gasteiger partial charge < -0.3 is 10.5 Å². The third-order valence-corrected chi connectivity index (χ3v) is 5.80. The van der Waals surface area contributed by atoms with Crippen molar-refractivity contribution in [3.05, 3.63) is 53.1 Å². The lowest BCUT2D eigenvalue weighted by Crippen LogP contribution is -2.16. The summed E-state index contributed by atoms with van der Waals surface area (Å²) < 4.78 is 30.6. The molecular formula is C15H14ClNO3S. The van der Waals surface area contributed by atoms with Crippen molar-refractivity contribution in [2.24, 2.45) is 0 Å². The highest BCUT2D eigenvalue weighted by atomic mass is 35.5. The lowest BCUT2D eigenvalue weighted by Gasteiger charge is -2.11. The molecule has 0 aliphatic carbocycles. The first kappa shape index (κ1) is 14.2. The molecule has 3 rings (SSSR count). The number of fused-ring (bicyclic) bond motifs is 1. The van der Waals surface area contributed by atoms with Crippen molar-refractivity contribution in [1.29, 1.82) is 0 Å². The van der Waals surface area contributed by atoms with Crippen LogP contribution in [0.4, 0.5) is 5.69 Å². The van der Waals surface area contributed by atoms with Gasteiger partial charge in [-0.3, -0.25) is 0 Å². The van der Waals surface area contributed by atoms with Gasteiger partial charge in [-0.05, 0) is 24.3 Å². The quantitative estimate of drug-likeness (QED) is 0.882. The van der Waals surface area contributed by atoms with Gasteiger partial charge in [-0.15, -0.1) is 0 Å². The normalized spacial score (nSPS) is 17.3. The fourth-order valence-electron chi connectivity index (χ4n) is 2.49. The lowest BCUT2D eigenvalue weighted by atomic mass is 10.0. The molecule has 0 radical (unpaired) electrons. The molecule has 2 aromatic carbocycles. The van der Waals surface area contributed by atoms with E-state index >= 15 is 0 Å². The molecular weight excluding hydrogens is 310 g/mol. The maximum Gasteiger partial charge on any atom is 0.180 e. The molecule has 0 spiro atoms. The minimum Gasteiger partial charge on any atom is -0.493 e. The third kappa shape index (κ3) is 2.71. The molecule has 1 heterocycles. The molecule has 4 nitrogen and oxygen atoms in total. The van der Waals surface area contributed by atoms with Gasteiger partial charge in [0.05, 0.1) is 22.3 Å². The number of halogens is 1. The number of rotatable bonds is 3. The van der Waals surface area contributed by atoms with Crippen molar-refractivity contribution in [1.82, 2.24) is 0 Å². The Balaban J connectivity index is 1.91. The summed E-state index contributed by atoms with van der Waals surface area (Å²) in [6, 6.07) is 11.9. The van der Waals surface area contributed by atoms with E-state index in [9.17, 15) is 8.42 Å². The molecule has 110 valence electrons. The highest BCUT2D eigenvalue weighted by Crippen LogP contribution is 2.36. The van der Waals surface area contributed by atoms with Gasteiger partial charge in [0.1, 0.15) is 5.75 Å². The topological polar surface area (TPSA) is 69.4 Å². The molecule has 1 atom stereocenters. The van der Waals surface area contributed by atoms with Crippen LogP contribution in [0.1, 0.15) is 11.5 Å². The Hall–Kier alpha value is -1.72. The first-order chi connectivity index (χ1) is 9.97. The first-order valence-corrected chi connectivity index (χ1v) is 8.50. The Morgan fingerprint density at radius 1 is 1.24 bits per heavy atom. The van der Waals surface area contributed by atoms with Crippen molar-refractivity contribution in [2.75, 3.05) is 18.1 Å². The Bertz CT molecular complexity index is 789. The molecule has 0 saturated heterocycles. The third-order valence-electron chi connectivity index (χ3n) is 3.51. The van der Waals surface area contributed by atoms with E-state index < -0.39 is 9.84 Å². The van der Waals surface area contributed by atoms with Crippen molar-refractivity contribution in [3.8, 4) is 5.75 Å². The predicted molar refractivity (Wildman–Crippen MR) is 82.6 cm³/mol. The number of sulfone groups is 1. The number of para-hydroxylation sites is 1. The van der Waals surface area contributed by atoms with Crippen LogP contribution < -0.4 is 10.5 Å². The Morgan fingerprint density at radius 2 is 2.00 bits per heavy atom. The second-order valence-electron chi connectivity index (χ2n) is 5.02. The van der Waals surface area contributed by atoms with Gasteiger partial charge >= 0.3 is 0 Å². The van der Waals surface area contributed by atoms with E-state index in [4.69, 9.17) is 22.1 Å². The van der Waals surface area contributed by atoms with Crippen LogP contribution in [0.25, 0.3) is 0 Å². The fourth-order valence-corrected chi connectivity index (χ4v) is 4.65. The zero-order chi connectivity index (χ0) is 15.0. The van der Waals surface area contributed by atoms with Crippen LogP contribution >= 0.6 is 11.6 Å². The minimum absolute atomic E-state index is 0.0341. The van der Waals surface area contributed by atoms with Gasteiger partial charge in [0.25, 0.3) is 0 Å². The monoisotopic (exact) mass is 323 g/mol. The summed E-state index contributed by atoms with van der Waals surface area (Å²) in [6.07, 6.45) is 0. The largest absolute Gasteiger partial charge is 0.493 e. The van der Waals surface area contributed by atoms with Crippen molar-refractivity contribution < 1.29 is 13.2 Å². The van der Waals surface area contributed by atoms with E-state index in [0.717, 1.165) is 11.3 Å². The van der Waals surface area contributed by atoms with E-state index in [1.165, 1.54) is 18.2 Å². The molecule has 1 aliphatic heterocycles. The minimum atomic E-state index is -3.50. The fraction of sp³-hybridized carbons (Fsp3) is 0.200. The van der Waals surface area contributed by atoms with E-state index in [0.29, 0.717) is 12.3 Å². The molecule has 1 unspecified atom stereocenters. The van der Waals surface area contributed by atoms with Gasteiger partial charge in [-0.1, -0.05) is 29.8 Å². The molecule has 2 aromatic rings. The summed E-state index contributed by atoms with van der Waals surface area (Å²) in [6.45, 7) is 0.366. The summed E-state index contributed by atoms with van der Waals surface area (Å²) in [5, 5.41) is 0.155. The van der Waals surface area contributed by atoms with Crippen LogP contribution in [0, 0.1) is 0 Å². The van der Waals surface area contributed by atoms with Crippen LogP contribution in [-0.2, 0) is 9.84 Å². The average Bonchev–Trinajstić information content (AvgIpc) is 2.81. The Kier molecular flexibility index (Phi) is 3.55. The number of ether oxygens (including phenoxy) is 1. The van der Waals surface area contributed by atoms with Crippen molar-refractivity contribution in [2.45, 2.75) is 10.8 Å². The van der Waals surface area contributed by atoms with E-state index in [2.05, 4.69) is 0 Å². The Labute approximate surface area is 128 Å². The van der Waals surface area contributed by atoms with Gasteiger partial charge in [0.15, 0.2) is 9.84 Å². The summed E-state index contributed by atoms with van der Waals surface area (Å²) in [5.41, 5.74) is 6.96. The highest BCUT2D eigenvalue weighted by Gasteiger charge is 2.30. The number of hydrogen-bond donors (Lipinski definition) is 1. The maximum atomic E-state index is 12.5. The standard InChI is InChI=1S/C15H14ClNO3S/c16-13-7-11(17)5-6-15(13)21(18,19)9-10-8-20-14-4-2-1-3-12(10)14/h1-7,10H,8-9,17H2. The molecule has 1 aliphatic rings. The first-order valence-electron chi connectivity index (χ1n) is 6.47. The van der Waals surface area contributed by atoms with Crippen LogP contribution in [0.3, 0.4) is 0 Å². The van der Waals surface area contributed by atoms with Crippen LogP contribution in [-0.4, -0.2) is 20.8 Å². The number of nitrogen functional groups attached to an aromatic ring is 1. The van der Waals surface area contributed by atoms with Crippen LogP contribution in [0.2, 0.25) is 5.02 Å². The maximum absolute atomic E-state index is 12.5. The highest BCUT2D eigenvalue weighted by molar-refractivity contribution is 7.91. The average molecular weight is 324 g/mol. The Morgan fingerprint density at radius 3 is 2.76 bits per heavy atom. The second kappa shape index (κ2) is 5.24. The molecule has 6 heteroatoms. The molecule has 0 fully saturated rings. The molecule has 2 N–H and O–H groups in total. The van der Waals surface area contributed by atoms with Crippen LogP contribution in [0.15, 0.2) is 47.4 Å². The van der Waals surface area contributed by atoms with Gasteiger partial charge in [0.2, 0.25) is 0 Å². The molecule has 0 bridgehead atoms. The van der Waals surface area contributed by atoms with Gasteiger partial charge in [-0.2, -0.15) is 0 Å². The molecule has 21 heavy (non-hydrogen) atoms. The second-order valence-corrected chi connectivity index (χ2v) is 7.43. The predicted octanol–water partition coefficient (Wildman–Crippen LogP) is 2.87.